The molecular formula is C18H21N3O4. The van der Waals surface area contributed by atoms with Crippen LogP contribution in [-0.2, 0) is 4.79 Å². The molecule has 1 aliphatic rings. The molecule has 1 aliphatic heterocycles. The second-order valence-corrected chi connectivity index (χ2v) is 5.84. The summed E-state index contributed by atoms with van der Waals surface area (Å²) in [6.07, 6.45) is 0.661. The summed E-state index contributed by atoms with van der Waals surface area (Å²) in [5.41, 5.74) is 1.01. The molecule has 7 heteroatoms. The van der Waals surface area contributed by atoms with Crippen molar-refractivity contribution in [2.45, 2.75) is 19.4 Å². The number of carbonyl (C=O) groups excluding carboxylic acids is 1. The molecule has 0 radical (unpaired) electrons. The third-order valence-corrected chi connectivity index (χ3v) is 4.05. The highest BCUT2D eigenvalue weighted by Crippen LogP contribution is 2.19. The average Bonchev–Trinajstić information content (AvgIpc) is 3.10. The van der Waals surface area contributed by atoms with Gasteiger partial charge in [0.2, 0.25) is 11.8 Å². The van der Waals surface area contributed by atoms with Crippen LogP contribution in [0.25, 0.3) is 0 Å². The van der Waals surface area contributed by atoms with Crippen molar-refractivity contribution in [2.24, 2.45) is 0 Å². The van der Waals surface area contributed by atoms with Crippen molar-refractivity contribution in [3.63, 3.8) is 0 Å². The molecule has 0 bridgehead atoms. The zero-order valence-electron chi connectivity index (χ0n) is 14.3. The van der Waals surface area contributed by atoms with E-state index in [0.29, 0.717) is 24.8 Å². The molecule has 1 atom stereocenters. The third kappa shape index (κ3) is 4.37. The summed E-state index contributed by atoms with van der Waals surface area (Å²) in [5, 5.41) is 7.81. The molecule has 1 aromatic heterocycles. The first kappa shape index (κ1) is 17.0. The van der Waals surface area contributed by atoms with E-state index in [4.69, 9.17) is 14.2 Å². The van der Waals surface area contributed by atoms with Crippen LogP contribution in [0.5, 0.6) is 17.5 Å². The normalized spacial score (nSPS) is 16.6. The number of methoxy groups -OCH3 is 1. The van der Waals surface area contributed by atoms with E-state index in [-0.39, 0.29) is 18.6 Å². The molecule has 3 rings (SSSR count). The molecule has 1 aromatic carbocycles. The minimum Gasteiger partial charge on any atom is -0.484 e. The van der Waals surface area contributed by atoms with E-state index in [1.54, 1.807) is 17.0 Å². The second-order valence-electron chi connectivity index (χ2n) is 5.84. The Labute approximate surface area is 146 Å². The Hall–Kier alpha value is -2.83. The van der Waals surface area contributed by atoms with Gasteiger partial charge in [-0.15, -0.1) is 10.2 Å². The molecule has 2 heterocycles. The molecule has 7 nitrogen and oxygen atoms in total. The lowest BCUT2D eigenvalue weighted by Gasteiger charge is -2.17. The van der Waals surface area contributed by atoms with Crippen LogP contribution in [0.1, 0.15) is 12.0 Å². The van der Waals surface area contributed by atoms with Gasteiger partial charge in [0.1, 0.15) is 11.9 Å². The first-order valence-corrected chi connectivity index (χ1v) is 8.16. The van der Waals surface area contributed by atoms with Gasteiger partial charge in [-0.1, -0.05) is 18.2 Å². The number of benzene rings is 1. The number of aryl methyl sites for hydroxylation is 1. The summed E-state index contributed by atoms with van der Waals surface area (Å²) in [6.45, 7) is 3.14. The van der Waals surface area contributed by atoms with Gasteiger partial charge in [-0.25, -0.2) is 0 Å². The van der Waals surface area contributed by atoms with Gasteiger partial charge in [-0.05, 0) is 18.6 Å². The summed E-state index contributed by atoms with van der Waals surface area (Å²) in [6, 6.07) is 11.0. The summed E-state index contributed by atoms with van der Waals surface area (Å²) in [7, 11) is 1.53. The van der Waals surface area contributed by atoms with Gasteiger partial charge in [0.05, 0.1) is 13.7 Å². The van der Waals surface area contributed by atoms with Gasteiger partial charge in [0.15, 0.2) is 6.61 Å². The lowest BCUT2D eigenvalue weighted by molar-refractivity contribution is -0.132. The number of carbonyl (C=O) groups is 1. The van der Waals surface area contributed by atoms with E-state index in [9.17, 15) is 4.79 Å². The van der Waals surface area contributed by atoms with E-state index in [0.717, 1.165) is 17.7 Å². The highest BCUT2D eigenvalue weighted by molar-refractivity contribution is 5.78. The van der Waals surface area contributed by atoms with Gasteiger partial charge in [0, 0.05) is 25.1 Å². The number of nitrogens with zero attached hydrogens (tertiary/aromatic N) is 3. The third-order valence-electron chi connectivity index (χ3n) is 4.05. The number of amides is 1. The van der Waals surface area contributed by atoms with E-state index in [2.05, 4.69) is 10.2 Å². The quantitative estimate of drug-likeness (QED) is 0.797. The topological polar surface area (TPSA) is 73.8 Å². The van der Waals surface area contributed by atoms with Crippen LogP contribution in [0.15, 0.2) is 36.4 Å². The molecule has 25 heavy (non-hydrogen) atoms. The SMILES string of the molecule is COc1ccc(OC2CCN(C(=O)COc3ccccc3C)C2)nn1. The number of likely N-dealkylation sites (tertiary alicyclic amines) is 1. The maximum Gasteiger partial charge on any atom is 0.260 e. The molecule has 0 N–H and O–H groups in total. The number of hydrogen-bond donors (Lipinski definition) is 0. The average molecular weight is 343 g/mol. The van der Waals surface area contributed by atoms with Crippen molar-refractivity contribution in [2.75, 3.05) is 26.8 Å². The summed E-state index contributed by atoms with van der Waals surface area (Å²) in [5.74, 6) is 1.55. The van der Waals surface area contributed by atoms with Crippen molar-refractivity contribution in [1.82, 2.24) is 15.1 Å². The molecule has 2 aromatic rings. The molecule has 0 aliphatic carbocycles. The lowest BCUT2D eigenvalue weighted by atomic mass is 10.2. The van der Waals surface area contributed by atoms with Crippen LogP contribution in [0, 0.1) is 6.92 Å². The Balaban J connectivity index is 1.48. The highest BCUT2D eigenvalue weighted by atomic mass is 16.5. The second kappa shape index (κ2) is 7.83. The predicted molar refractivity (Wildman–Crippen MR) is 90.9 cm³/mol. The summed E-state index contributed by atoms with van der Waals surface area (Å²) < 4.78 is 16.4. The van der Waals surface area contributed by atoms with Gasteiger partial charge in [0.25, 0.3) is 5.91 Å². The number of ether oxygens (including phenoxy) is 3. The van der Waals surface area contributed by atoms with Crippen molar-refractivity contribution in [3.8, 4) is 17.5 Å². The maximum absolute atomic E-state index is 12.3. The highest BCUT2D eigenvalue weighted by Gasteiger charge is 2.28. The fourth-order valence-electron chi connectivity index (χ4n) is 2.65. The Bertz CT molecular complexity index is 721. The summed E-state index contributed by atoms with van der Waals surface area (Å²) in [4.78, 5) is 14.1. The van der Waals surface area contributed by atoms with Crippen molar-refractivity contribution < 1.29 is 19.0 Å². The van der Waals surface area contributed by atoms with Gasteiger partial charge in [-0.3, -0.25) is 4.79 Å². The lowest BCUT2D eigenvalue weighted by Crippen LogP contribution is -2.34. The molecule has 1 unspecified atom stereocenters. The summed E-state index contributed by atoms with van der Waals surface area (Å²) >= 11 is 0. The molecule has 0 saturated carbocycles. The van der Waals surface area contributed by atoms with Crippen LogP contribution >= 0.6 is 0 Å². The molecule has 1 fully saturated rings. The Morgan fingerprint density at radius 1 is 1.20 bits per heavy atom. The maximum atomic E-state index is 12.3. The van der Waals surface area contributed by atoms with Gasteiger partial charge >= 0.3 is 0 Å². The van der Waals surface area contributed by atoms with E-state index in [1.165, 1.54) is 7.11 Å². The van der Waals surface area contributed by atoms with Crippen molar-refractivity contribution >= 4 is 5.91 Å². The largest absolute Gasteiger partial charge is 0.484 e. The minimum atomic E-state index is -0.0925. The molecular weight excluding hydrogens is 322 g/mol. The van der Waals surface area contributed by atoms with Gasteiger partial charge < -0.3 is 19.1 Å². The molecule has 1 saturated heterocycles. The Morgan fingerprint density at radius 3 is 2.68 bits per heavy atom. The monoisotopic (exact) mass is 343 g/mol. The van der Waals surface area contributed by atoms with E-state index < -0.39 is 0 Å². The number of para-hydroxylation sites is 1. The first-order chi connectivity index (χ1) is 12.2. The Kier molecular flexibility index (Phi) is 5.33. The van der Waals surface area contributed by atoms with Crippen LogP contribution in [0.4, 0.5) is 0 Å². The van der Waals surface area contributed by atoms with Crippen LogP contribution in [0.2, 0.25) is 0 Å². The van der Waals surface area contributed by atoms with E-state index >= 15 is 0 Å². The number of rotatable bonds is 6. The minimum absolute atomic E-state index is 0.0277. The van der Waals surface area contributed by atoms with Crippen molar-refractivity contribution in [3.05, 3.63) is 42.0 Å². The van der Waals surface area contributed by atoms with Crippen LogP contribution in [-0.4, -0.2) is 53.9 Å². The number of hydrogen-bond acceptors (Lipinski definition) is 6. The zero-order valence-corrected chi connectivity index (χ0v) is 14.3. The van der Waals surface area contributed by atoms with Crippen molar-refractivity contribution in [1.29, 1.82) is 0 Å². The van der Waals surface area contributed by atoms with E-state index in [1.807, 2.05) is 31.2 Å². The standard InChI is InChI=1S/C18H21N3O4/c1-13-5-3-4-6-15(13)24-12-18(22)21-10-9-14(11-21)25-17-8-7-16(23-2)19-20-17/h3-8,14H,9-12H2,1-2H3. The molecule has 0 spiro atoms. The number of aromatic nitrogens is 2. The smallest absolute Gasteiger partial charge is 0.260 e. The van der Waals surface area contributed by atoms with Crippen LogP contribution in [0.3, 0.4) is 0 Å². The van der Waals surface area contributed by atoms with Gasteiger partial charge in [-0.2, -0.15) is 0 Å². The fraction of sp³-hybridized carbons (Fsp3) is 0.389. The zero-order chi connectivity index (χ0) is 17.6. The van der Waals surface area contributed by atoms with Crippen LogP contribution < -0.4 is 14.2 Å². The first-order valence-electron chi connectivity index (χ1n) is 8.16. The fourth-order valence-corrected chi connectivity index (χ4v) is 2.65. The molecule has 1 amide bonds. The Morgan fingerprint density at radius 2 is 1.96 bits per heavy atom. The molecule has 132 valence electrons. The predicted octanol–water partition coefficient (Wildman–Crippen LogP) is 1.85.